The second-order valence-corrected chi connectivity index (χ2v) is 5.32. The summed E-state index contributed by atoms with van der Waals surface area (Å²) in [5.74, 6) is 0.0451. The molecule has 1 aromatic rings. The van der Waals surface area contributed by atoms with Gasteiger partial charge in [0.2, 0.25) is 5.91 Å². The number of hydrogen-bond donors (Lipinski definition) is 1. The third-order valence-corrected chi connectivity index (χ3v) is 3.62. The van der Waals surface area contributed by atoms with Crippen LogP contribution in [-0.2, 0) is 11.2 Å². The number of halogens is 1. The molecule has 17 heavy (non-hydrogen) atoms. The highest BCUT2D eigenvalue weighted by atomic mass is 79.9. The molecule has 2 rings (SSSR count). The number of fused-ring (bicyclic) bond motifs is 1. The van der Waals surface area contributed by atoms with Gasteiger partial charge >= 0.3 is 0 Å². The first-order valence-corrected chi connectivity index (χ1v) is 6.78. The van der Waals surface area contributed by atoms with E-state index in [1.54, 1.807) is 0 Å². The molecule has 4 heteroatoms. The molecule has 1 aromatic carbocycles. The van der Waals surface area contributed by atoms with Gasteiger partial charge in [0.1, 0.15) is 0 Å². The van der Waals surface area contributed by atoms with Gasteiger partial charge in [-0.1, -0.05) is 35.3 Å². The maximum atomic E-state index is 12.2. The van der Waals surface area contributed by atoms with E-state index in [1.165, 1.54) is 5.56 Å². The van der Waals surface area contributed by atoms with Crippen LogP contribution in [0.5, 0.6) is 0 Å². The van der Waals surface area contributed by atoms with E-state index in [9.17, 15) is 4.79 Å². The number of rotatable bonds is 3. The minimum atomic E-state index is -0.370. The zero-order valence-corrected chi connectivity index (χ0v) is 11.5. The Bertz CT molecular complexity index is 433. The number of benzene rings is 1. The topological polar surface area (TPSA) is 46.3 Å². The number of nitrogens with zero attached hydrogens (tertiary/aromatic N) is 1. The Kier molecular flexibility index (Phi) is 3.84. The Morgan fingerprint density at radius 2 is 2.35 bits per heavy atom. The molecule has 92 valence electrons. The van der Waals surface area contributed by atoms with Crippen LogP contribution in [0.2, 0.25) is 0 Å². The first-order chi connectivity index (χ1) is 8.13. The van der Waals surface area contributed by atoms with E-state index < -0.39 is 0 Å². The number of nitrogens with two attached hydrogens (primary N) is 1. The second-order valence-electron chi connectivity index (χ2n) is 4.41. The maximum Gasteiger partial charge on any atom is 0.243 e. The molecular formula is C13H17BrN2O. The molecular weight excluding hydrogens is 280 g/mol. The SMILES string of the molecule is CCCC(N)C(=O)N1CCc2ccc(Br)cc21. The summed E-state index contributed by atoms with van der Waals surface area (Å²) in [4.78, 5) is 14.0. The highest BCUT2D eigenvalue weighted by Gasteiger charge is 2.27. The summed E-state index contributed by atoms with van der Waals surface area (Å²) in [6.45, 7) is 2.80. The monoisotopic (exact) mass is 296 g/mol. The van der Waals surface area contributed by atoms with Crippen LogP contribution in [0.15, 0.2) is 22.7 Å². The molecule has 1 heterocycles. The van der Waals surface area contributed by atoms with Crippen LogP contribution in [0.25, 0.3) is 0 Å². The lowest BCUT2D eigenvalue weighted by Crippen LogP contribution is -2.43. The van der Waals surface area contributed by atoms with Gasteiger partial charge in [-0.15, -0.1) is 0 Å². The average molecular weight is 297 g/mol. The van der Waals surface area contributed by atoms with Gasteiger partial charge in [0, 0.05) is 16.7 Å². The number of carbonyl (C=O) groups is 1. The van der Waals surface area contributed by atoms with E-state index in [1.807, 2.05) is 24.0 Å². The number of amides is 1. The maximum absolute atomic E-state index is 12.2. The summed E-state index contributed by atoms with van der Waals surface area (Å²) in [7, 11) is 0. The van der Waals surface area contributed by atoms with Gasteiger partial charge in [-0.2, -0.15) is 0 Å². The van der Waals surface area contributed by atoms with E-state index in [4.69, 9.17) is 5.73 Å². The van der Waals surface area contributed by atoms with E-state index in [2.05, 4.69) is 22.0 Å². The molecule has 3 nitrogen and oxygen atoms in total. The normalized spacial score (nSPS) is 15.8. The molecule has 0 saturated carbocycles. The van der Waals surface area contributed by atoms with Crippen molar-refractivity contribution in [3.63, 3.8) is 0 Å². The smallest absolute Gasteiger partial charge is 0.243 e. The first-order valence-electron chi connectivity index (χ1n) is 5.99. The molecule has 0 saturated heterocycles. The van der Waals surface area contributed by atoms with E-state index in [0.29, 0.717) is 0 Å². The van der Waals surface area contributed by atoms with Gasteiger partial charge in [-0.3, -0.25) is 4.79 Å². The van der Waals surface area contributed by atoms with Gasteiger partial charge in [0.15, 0.2) is 0 Å². The molecule has 1 aliphatic heterocycles. The summed E-state index contributed by atoms with van der Waals surface area (Å²) in [5, 5.41) is 0. The van der Waals surface area contributed by atoms with Crippen LogP contribution in [0, 0.1) is 0 Å². The number of hydrogen-bond acceptors (Lipinski definition) is 2. The third kappa shape index (κ3) is 2.53. The third-order valence-electron chi connectivity index (χ3n) is 3.13. The van der Waals surface area contributed by atoms with Crippen LogP contribution < -0.4 is 10.6 Å². The molecule has 0 aromatic heterocycles. The standard InChI is InChI=1S/C13H17BrN2O/c1-2-3-11(15)13(17)16-7-6-9-4-5-10(14)8-12(9)16/h4-5,8,11H,2-3,6-7,15H2,1H3. The Hall–Kier alpha value is -0.870. The molecule has 1 atom stereocenters. The highest BCUT2D eigenvalue weighted by molar-refractivity contribution is 9.10. The lowest BCUT2D eigenvalue weighted by Gasteiger charge is -2.21. The largest absolute Gasteiger partial charge is 0.320 e. The quantitative estimate of drug-likeness (QED) is 0.931. The summed E-state index contributed by atoms with van der Waals surface area (Å²) in [6, 6.07) is 5.71. The summed E-state index contributed by atoms with van der Waals surface area (Å²) in [5.41, 5.74) is 8.14. The highest BCUT2D eigenvalue weighted by Crippen LogP contribution is 2.31. The zero-order chi connectivity index (χ0) is 12.4. The van der Waals surface area contributed by atoms with Crippen molar-refractivity contribution < 1.29 is 4.79 Å². The van der Waals surface area contributed by atoms with Crippen LogP contribution in [-0.4, -0.2) is 18.5 Å². The predicted molar refractivity (Wildman–Crippen MR) is 73.1 cm³/mol. The predicted octanol–water partition coefficient (Wildman–Crippen LogP) is 2.47. The molecule has 1 aliphatic rings. The van der Waals surface area contributed by atoms with Crippen molar-refractivity contribution in [3.8, 4) is 0 Å². The van der Waals surface area contributed by atoms with Crippen molar-refractivity contribution in [1.29, 1.82) is 0 Å². The van der Waals surface area contributed by atoms with Crippen molar-refractivity contribution in [2.45, 2.75) is 32.2 Å². The molecule has 1 amide bonds. The van der Waals surface area contributed by atoms with E-state index >= 15 is 0 Å². The van der Waals surface area contributed by atoms with Gasteiger partial charge < -0.3 is 10.6 Å². The molecule has 2 N–H and O–H groups in total. The summed E-state index contributed by atoms with van der Waals surface area (Å²) >= 11 is 3.44. The van der Waals surface area contributed by atoms with Gasteiger partial charge in [0.25, 0.3) is 0 Å². The van der Waals surface area contributed by atoms with Crippen molar-refractivity contribution in [3.05, 3.63) is 28.2 Å². The fraction of sp³-hybridized carbons (Fsp3) is 0.462. The lowest BCUT2D eigenvalue weighted by molar-refractivity contribution is -0.119. The Balaban J connectivity index is 2.21. The molecule has 0 radical (unpaired) electrons. The van der Waals surface area contributed by atoms with Gasteiger partial charge in [-0.25, -0.2) is 0 Å². The average Bonchev–Trinajstić information content (AvgIpc) is 2.71. The Morgan fingerprint density at radius 1 is 1.59 bits per heavy atom. The van der Waals surface area contributed by atoms with Crippen molar-refractivity contribution in [2.24, 2.45) is 5.73 Å². The first kappa shape index (κ1) is 12.6. The minimum Gasteiger partial charge on any atom is -0.320 e. The van der Waals surface area contributed by atoms with Crippen LogP contribution in [0.4, 0.5) is 5.69 Å². The summed E-state index contributed by atoms with van der Waals surface area (Å²) < 4.78 is 1.00. The van der Waals surface area contributed by atoms with E-state index in [0.717, 1.165) is 36.0 Å². The van der Waals surface area contributed by atoms with Crippen LogP contribution in [0.3, 0.4) is 0 Å². The van der Waals surface area contributed by atoms with Crippen molar-refractivity contribution in [2.75, 3.05) is 11.4 Å². The van der Waals surface area contributed by atoms with Gasteiger partial charge in [0.05, 0.1) is 6.04 Å². The van der Waals surface area contributed by atoms with Crippen LogP contribution in [0.1, 0.15) is 25.3 Å². The van der Waals surface area contributed by atoms with Crippen molar-refractivity contribution >= 4 is 27.5 Å². The zero-order valence-electron chi connectivity index (χ0n) is 9.95. The minimum absolute atomic E-state index is 0.0451. The van der Waals surface area contributed by atoms with Gasteiger partial charge in [-0.05, 0) is 30.5 Å². The molecule has 0 fully saturated rings. The Morgan fingerprint density at radius 3 is 3.06 bits per heavy atom. The summed E-state index contributed by atoms with van der Waals surface area (Å²) in [6.07, 6.45) is 2.61. The van der Waals surface area contributed by atoms with E-state index in [-0.39, 0.29) is 11.9 Å². The molecule has 1 unspecified atom stereocenters. The number of carbonyl (C=O) groups excluding carboxylic acids is 1. The molecule has 0 spiro atoms. The Labute approximate surface area is 110 Å². The van der Waals surface area contributed by atoms with Crippen LogP contribution >= 0.6 is 15.9 Å². The van der Waals surface area contributed by atoms with Crippen molar-refractivity contribution in [1.82, 2.24) is 0 Å². The number of anilines is 1. The molecule has 0 aliphatic carbocycles. The molecule has 0 bridgehead atoms. The fourth-order valence-corrected chi connectivity index (χ4v) is 2.56. The fourth-order valence-electron chi connectivity index (χ4n) is 2.22. The lowest BCUT2D eigenvalue weighted by atomic mass is 10.1. The second kappa shape index (κ2) is 5.19.